The van der Waals surface area contributed by atoms with Crippen molar-refractivity contribution < 1.29 is 18.0 Å². The van der Waals surface area contributed by atoms with E-state index < -0.39 is 22.5 Å². The number of thiophene rings is 1. The second-order valence-corrected chi connectivity index (χ2v) is 10.1. The predicted molar refractivity (Wildman–Crippen MR) is 121 cm³/mol. The lowest BCUT2D eigenvalue weighted by molar-refractivity contribution is -0.137. The first-order valence-electron chi connectivity index (χ1n) is 10.3. The summed E-state index contributed by atoms with van der Waals surface area (Å²) >= 11 is 2.41. The molecule has 1 N–H and O–H groups in total. The Labute approximate surface area is 191 Å². The number of thioether (sulfide) groups is 1. The van der Waals surface area contributed by atoms with E-state index in [1.807, 2.05) is 0 Å². The van der Waals surface area contributed by atoms with Crippen LogP contribution < -0.4 is 10.9 Å². The van der Waals surface area contributed by atoms with E-state index in [0.29, 0.717) is 16.6 Å². The standard InChI is InChI=1S/C22H22F3N3O2S2/c1-12(18(29)26-2)31-21-27-19-17(13-8-4-3-5-11-16(13)32-19)20(30)28(21)15-10-7-6-9-14(15)22(23,24)25/h6-7,9-10,12H,3-5,8,11H2,1-2H3,(H,26,29). The van der Waals surface area contributed by atoms with Crippen LogP contribution in [0.2, 0.25) is 0 Å². The summed E-state index contributed by atoms with van der Waals surface area (Å²) in [4.78, 5) is 32.1. The number of halogens is 3. The van der Waals surface area contributed by atoms with E-state index in [1.165, 1.54) is 36.6 Å². The minimum Gasteiger partial charge on any atom is -0.358 e. The Bertz CT molecular complexity index is 1230. The number of rotatable bonds is 4. The van der Waals surface area contributed by atoms with Crippen LogP contribution in [0.4, 0.5) is 13.2 Å². The maximum absolute atomic E-state index is 13.8. The number of fused-ring (bicyclic) bond motifs is 3. The maximum atomic E-state index is 13.8. The minimum atomic E-state index is -4.65. The van der Waals surface area contributed by atoms with E-state index in [9.17, 15) is 22.8 Å². The van der Waals surface area contributed by atoms with Crippen LogP contribution in [-0.4, -0.2) is 27.8 Å². The topological polar surface area (TPSA) is 64.0 Å². The van der Waals surface area contributed by atoms with Gasteiger partial charge < -0.3 is 5.32 Å². The monoisotopic (exact) mass is 481 g/mol. The van der Waals surface area contributed by atoms with Gasteiger partial charge in [-0.05, 0) is 50.3 Å². The molecule has 32 heavy (non-hydrogen) atoms. The summed E-state index contributed by atoms with van der Waals surface area (Å²) in [7, 11) is 1.48. The number of carbonyl (C=O) groups is 1. The first-order chi connectivity index (χ1) is 15.2. The van der Waals surface area contributed by atoms with Crippen LogP contribution in [-0.2, 0) is 23.8 Å². The van der Waals surface area contributed by atoms with Gasteiger partial charge in [-0.3, -0.25) is 14.2 Å². The summed E-state index contributed by atoms with van der Waals surface area (Å²) < 4.78 is 42.5. The lowest BCUT2D eigenvalue weighted by atomic mass is 10.1. The van der Waals surface area contributed by atoms with Crippen molar-refractivity contribution in [1.82, 2.24) is 14.9 Å². The first-order valence-corrected chi connectivity index (χ1v) is 12.0. The van der Waals surface area contributed by atoms with E-state index in [4.69, 9.17) is 0 Å². The normalized spacial score (nSPS) is 15.3. The Hall–Kier alpha value is -2.33. The highest BCUT2D eigenvalue weighted by atomic mass is 32.2. The summed E-state index contributed by atoms with van der Waals surface area (Å²) in [5.74, 6) is -0.304. The van der Waals surface area contributed by atoms with Gasteiger partial charge in [-0.1, -0.05) is 30.3 Å². The first kappa shape index (κ1) is 22.8. The number of aryl methyl sites for hydroxylation is 2. The lowest BCUT2D eigenvalue weighted by Crippen LogP contribution is -2.29. The van der Waals surface area contributed by atoms with Crippen molar-refractivity contribution in [3.05, 3.63) is 50.6 Å². The average Bonchev–Trinajstić information content (AvgIpc) is 2.93. The van der Waals surface area contributed by atoms with Crippen molar-refractivity contribution in [2.75, 3.05) is 7.05 Å². The highest BCUT2D eigenvalue weighted by Gasteiger charge is 2.35. The molecule has 1 atom stereocenters. The van der Waals surface area contributed by atoms with Gasteiger partial charge in [-0.25, -0.2) is 4.98 Å². The van der Waals surface area contributed by atoms with Crippen LogP contribution in [0, 0.1) is 0 Å². The van der Waals surface area contributed by atoms with Crippen LogP contribution in [0.1, 0.15) is 42.2 Å². The third kappa shape index (κ3) is 4.17. The average molecular weight is 482 g/mol. The van der Waals surface area contributed by atoms with Crippen molar-refractivity contribution >= 4 is 39.2 Å². The van der Waals surface area contributed by atoms with Crippen molar-refractivity contribution in [2.45, 2.75) is 55.6 Å². The molecule has 1 aliphatic carbocycles. The van der Waals surface area contributed by atoms with Gasteiger partial charge in [0.1, 0.15) is 4.83 Å². The molecule has 0 saturated heterocycles. The van der Waals surface area contributed by atoms with Crippen LogP contribution >= 0.6 is 23.1 Å². The highest BCUT2D eigenvalue weighted by molar-refractivity contribution is 8.00. The van der Waals surface area contributed by atoms with E-state index in [0.717, 1.165) is 58.5 Å². The van der Waals surface area contributed by atoms with E-state index in [2.05, 4.69) is 10.3 Å². The SMILES string of the molecule is CNC(=O)C(C)Sc1nc2sc3c(c2c(=O)n1-c1ccccc1C(F)(F)F)CCCCC3. The summed E-state index contributed by atoms with van der Waals surface area (Å²) in [6, 6.07) is 4.99. The van der Waals surface area contributed by atoms with Gasteiger partial charge in [0.25, 0.3) is 5.56 Å². The second-order valence-electron chi connectivity index (χ2n) is 7.67. The highest BCUT2D eigenvalue weighted by Crippen LogP contribution is 2.38. The van der Waals surface area contributed by atoms with Gasteiger partial charge in [0.05, 0.1) is 21.9 Å². The van der Waals surface area contributed by atoms with E-state index in [-0.39, 0.29) is 16.8 Å². The molecule has 4 rings (SSSR count). The number of benzene rings is 1. The van der Waals surface area contributed by atoms with Gasteiger partial charge in [0, 0.05) is 11.9 Å². The Morgan fingerprint density at radius 3 is 2.66 bits per heavy atom. The Kier molecular flexibility index (Phi) is 6.35. The van der Waals surface area contributed by atoms with Crippen LogP contribution in [0.5, 0.6) is 0 Å². The van der Waals surface area contributed by atoms with Crippen molar-refractivity contribution in [1.29, 1.82) is 0 Å². The van der Waals surface area contributed by atoms with Gasteiger partial charge >= 0.3 is 6.18 Å². The largest absolute Gasteiger partial charge is 0.418 e. The molecule has 0 aliphatic heterocycles. The fourth-order valence-electron chi connectivity index (χ4n) is 3.98. The molecule has 1 amide bonds. The molecule has 2 aromatic heterocycles. The number of aromatic nitrogens is 2. The van der Waals surface area contributed by atoms with Crippen molar-refractivity contribution in [3.63, 3.8) is 0 Å². The van der Waals surface area contributed by atoms with Gasteiger partial charge in [0.2, 0.25) is 5.91 Å². The van der Waals surface area contributed by atoms with Crippen LogP contribution in [0.15, 0.2) is 34.2 Å². The van der Waals surface area contributed by atoms with Crippen LogP contribution in [0.3, 0.4) is 0 Å². The third-order valence-corrected chi connectivity index (χ3v) is 7.79. The quantitative estimate of drug-likeness (QED) is 0.325. The summed E-state index contributed by atoms with van der Waals surface area (Å²) in [5.41, 5.74) is -0.801. The molecule has 170 valence electrons. The third-order valence-electron chi connectivity index (χ3n) is 5.56. The molecular formula is C22H22F3N3O2S2. The molecular weight excluding hydrogens is 459 g/mol. The van der Waals surface area contributed by atoms with Gasteiger partial charge in [0.15, 0.2) is 5.16 Å². The summed E-state index contributed by atoms with van der Waals surface area (Å²) in [6.45, 7) is 1.63. The van der Waals surface area contributed by atoms with E-state index in [1.54, 1.807) is 6.92 Å². The zero-order valence-corrected chi connectivity index (χ0v) is 19.2. The van der Waals surface area contributed by atoms with Crippen LogP contribution in [0.25, 0.3) is 15.9 Å². The number of alkyl halides is 3. The number of hydrogen-bond donors (Lipinski definition) is 1. The van der Waals surface area contributed by atoms with E-state index >= 15 is 0 Å². The number of nitrogens with zero attached hydrogens (tertiary/aromatic N) is 2. The van der Waals surface area contributed by atoms with Gasteiger partial charge in [-0.2, -0.15) is 13.2 Å². The molecule has 10 heteroatoms. The summed E-state index contributed by atoms with van der Waals surface area (Å²) in [6.07, 6.45) is -0.0912. The Balaban J connectivity index is 2.02. The number of amides is 1. The molecule has 1 aromatic carbocycles. The fourth-order valence-corrected chi connectivity index (χ4v) is 6.26. The number of nitrogens with one attached hydrogen (secondary N) is 1. The van der Waals surface area contributed by atoms with Crippen molar-refractivity contribution in [2.24, 2.45) is 0 Å². The molecule has 1 aliphatic rings. The van der Waals surface area contributed by atoms with Crippen molar-refractivity contribution in [3.8, 4) is 5.69 Å². The zero-order valence-electron chi connectivity index (χ0n) is 17.6. The molecule has 2 heterocycles. The molecule has 0 bridgehead atoms. The molecule has 1 unspecified atom stereocenters. The molecule has 0 fully saturated rings. The summed E-state index contributed by atoms with van der Waals surface area (Å²) in [5, 5.41) is 2.36. The zero-order chi connectivity index (χ0) is 23.0. The number of carbonyl (C=O) groups excluding carboxylic acids is 1. The Morgan fingerprint density at radius 2 is 1.94 bits per heavy atom. The number of para-hydroxylation sites is 1. The molecule has 5 nitrogen and oxygen atoms in total. The smallest absolute Gasteiger partial charge is 0.358 e. The number of hydrogen-bond acceptors (Lipinski definition) is 5. The fraction of sp³-hybridized carbons (Fsp3) is 0.409. The molecule has 0 radical (unpaired) electrons. The predicted octanol–water partition coefficient (Wildman–Crippen LogP) is 4.96. The Morgan fingerprint density at radius 1 is 1.22 bits per heavy atom. The molecule has 0 saturated carbocycles. The second kappa shape index (κ2) is 8.90. The minimum absolute atomic E-state index is 0.0757. The lowest BCUT2D eigenvalue weighted by Gasteiger charge is -2.18. The molecule has 3 aromatic rings. The van der Waals surface area contributed by atoms with Gasteiger partial charge in [-0.15, -0.1) is 11.3 Å². The molecule has 0 spiro atoms. The maximum Gasteiger partial charge on any atom is 0.418 e.